The van der Waals surface area contributed by atoms with Gasteiger partial charge in [0.15, 0.2) is 5.58 Å². The summed E-state index contributed by atoms with van der Waals surface area (Å²) < 4.78 is 61.5. The van der Waals surface area contributed by atoms with E-state index in [1.165, 1.54) is 0 Å². The third kappa shape index (κ3) is 6.61. The number of nitrogens with two attached hydrogens (primary N) is 2. The monoisotopic (exact) mass is 493 g/mol. The molecule has 4 rings (SSSR count). The van der Waals surface area contributed by atoms with E-state index in [0.29, 0.717) is 36.2 Å². The number of rotatable bonds is 8. The molecular weight excluding hydrogens is 465 g/mol. The van der Waals surface area contributed by atoms with Crippen molar-refractivity contribution in [3.63, 3.8) is 0 Å². The summed E-state index contributed by atoms with van der Waals surface area (Å²) in [6.07, 6.45) is 0.335. The van der Waals surface area contributed by atoms with Crippen LogP contribution in [0.15, 0.2) is 63.7 Å². The summed E-state index contributed by atoms with van der Waals surface area (Å²) in [6, 6.07) is 12.7. The molecule has 34 heavy (non-hydrogen) atoms. The van der Waals surface area contributed by atoms with Crippen molar-refractivity contribution in [2.24, 2.45) is 11.7 Å². The second-order valence-electron chi connectivity index (χ2n) is 7.88. The number of hydrogen-bond donors (Lipinski definition) is 3. The minimum absolute atomic E-state index is 0.0290. The van der Waals surface area contributed by atoms with Gasteiger partial charge in [-0.2, -0.15) is 13.4 Å². The van der Waals surface area contributed by atoms with Crippen LogP contribution in [0, 0.1) is 12.8 Å². The van der Waals surface area contributed by atoms with Crippen LogP contribution in [-0.2, 0) is 26.0 Å². The molecule has 1 atom stereocenters. The molecule has 9 nitrogen and oxygen atoms in total. The number of ether oxygens (including phenoxy) is 2. The number of anilines is 1. The number of hydrogen-bond acceptors (Lipinski definition) is 8. The van der Waals surface area contributed by atoms with E-state index in [2.05, 4.69) is 4.98 Å². The van der Waals surface area contributed by atoms with E-state index < -0.39 is 10.1 Å². The zero-order valence-electron chi connectivity index (χ0n) is 18.7. The fraction of sp³-hybridized carbons (Fsp3) is 0.348. The fourth-order valence-corrected chi connectivity index (χ4v) is 4.49. The highest BCUT2D eigenvalue weighted by atomic mass is 32.2. The zero-order chi connectivity index (χ0) is 24.7. The van der Waals surface area contributed by atoms with E-state index in [9.17, 15) is 17.4 Å². The number of para-hydroxylation sites is 2. The van der Waals surface area contributed by atoms with Gasteiger partial charge in [-0.25, -0.2) is 4.39 Å². The van der Waals surface area contributed by atoms with Crippen molar-refractivity contribution in [1.82, 2.24) is 4.98 Å². The van der Waals surface area contributed by atoms with E-state index >= 15 is 0 Å². The van der Waals surface area contributed by atoms with Crippen molar-refractivity contribution in [2.75, 3.05) is 32.1 Å². The van der Waals surface area contributed by atoms with Crippen LogP contribution in [0.5, 0.6) is 0 Å². The molecule has 3 aromatic rings. The van der Waals surface area contributed by atoms with Gasteiger partial charge in [0.2, 0.25) is 0 Å². The summed E-state index contributed by atoms with van der Waals surface area (Å²) in [4.78, 5) is 3.83. The maximum Gasteiger partial charge on any atom is 0.295 e. The van der Waals surface area contributed by atoms with Gasteiger partial charge in [-0.05, 0) is 35.8 Å². The molecule has 0 aliphatic carbocycles. The lowest BCUT2D eigenvalue weighted by Crippen LogP contribution is -2.41. The molecule has 0 spiro atoms. The van der Waals surface area contributed by atoms with E-state index in [1.807, 2.05) is 24.3 Å². The lowest BCUT2D eigenvalue weighted by molar-refractivity contribution is -0.110. The Morgan fingerprint density at radius 1 is 1.29 bits per heavy atom. The average molecular weight is 494 g/mol. The first-order chi connectivity index (χ1) is 16.2. The van der Waals surface area contributed by atoms with Gasteiger partial charge in [0, 0.05) is 18.9 Å². The summed E-state index contributed by atoms with van der Waals surface area (Å²) >= 11 is 0. The lowest BCUT2D eigenvalue weighted by atomic mass is 9.93. The van der Waals surface area contributed by atoms with Gasteiger partial charge in [0.1, 0.15) is 10.4 Å². The van der Waals surface area contributed by atoms with Crippen molar-refractivity contribution in [1.29, 1.82) is 0 Å². The first-order valence-corrected chi connectivity index (χ1v) is 12.0. The molecule has 0 radical (unpaired) electrons. The molecule has 1 unspecified atom stereocenters. The Morgan fingerprint density at radius 3 is 2.62 bits per heavy atom. The summed E-state index contributed by atoms with van der Waals surface area (Å²) in [5, 5.41) is 0. The topological polar surface area (TPSA) is 151 Å². The van der Waals surface area contributed by atoms with Gasteiger partial charge in [-0.15, -0.1) is 0 Å². The average Bonchev–Trinajstić information content (AvgIpc) is 3.12. The second kappa shape index (κ2) is 11.5. The molecule has 0 saturated carbocycles. The quantitative estimate of drug-likeness (QED) is 0.402. The van der Waals surface area contributed by atoms with Crippen molar-refractivity contribution >= 4 is 27.2 Å². The van der Waals surface area contributed by atoms with E-state index in [4.69, 9.17) is 25.4 Å². The van der Waals surface area contributed by atoms with Gasteiger partial charge in [-0.1, -0.05) is 30.3 Å². The van der Waals surface area contributed by atoms with Crippen molar-refractivity contribution in [3.8, 4) is 0 Å². The van der Waals surface area contributed by atoms with Gasteiger partial charge in [0.25, 0.3) is 16.1 Å². The third-order valence-electron chi connectivity index (χ3n) is 5.37. The first-order valence-electron chi connectivity index (χ1n) is 10.6. The molecule has 184 valence electrons. The summed E-state index contributed by atoms with van der Waals surface area (Å²) in [7, 11) is -4.34. The maximum absolute atomic E-state index is 12.6. The van der Waals surface area contributed by atoms with E-state index in [0.717, 1.165) is 11.1 Å². The highest BCUT2D eigenvalue weighted by molar-refractivity contribution is 7.86. The second-order valence-corrected chi connectivity index (χ2v) is 9.24. The number of nitrogen functional groups attached to an aromatic ring is 1. The number of aromatic nitrogens is 1. The largest absolute Gasteiger partial charge is 0.424 e. The first kappa shape index (κ1) is 25.8. The van der Waals surface area contributed by atoms with Crippen molar-refractivity contribution < 1.29 is 31.3 Å². The molecule has 1 aliphatic heterocycles. The predicted molar refractivity (Wildman–Crippen MR) is 125 cm³/mol. The van der Waals surface area contributed by atoms with Crippen molar-refractivity contribution in [2.45, 2.75) is 24.3 Å². The van der Waals surface area contributed by atoms with Crippen LogP contribution in [0.1, 0.15) is 11.1 Å². The Balaban J connectivity index is 0.000000266. The van der Waals surface area contributed by atoms with Crippen LogP contribution < -0.4 is 11.5 Å². The third-order valence-corrected chi connectivity index (χ3v) is 6.47. The Bertz CT molecular complexity index is 1210. The number of oxazole rings is 1. The molecule has 2 aromatic carbocycles. The van der Waals surface area contributed by atoms with Crippen LogP contribution >= 0.6 is 0 Å². The van der Waals surface area contributed by atoms with Crippen LogP contribution in [0.2, 0.25) is 0 Å². The van der Waals surface area contributed by atoms with Crippen molar-refractivity contribution in [3.05, 3.63) is 65.5 Å². The number of nitrogens with zero attached hydrogens (tertiary/aromatic N) is 1. The Kier molecular flexibility index (Phi) is 8.75. The molecule has 1 aromatic heterocycles. The van der Waals surface area contributed by atoms with Gasteiger partial charge >= 0.3 is 0 Å². The number of fused-ring (bicyclic) bond motifs is 1. The summed E-state index contributed by atoms with van der Waals surface area (Å²) in [5.41, 5.74) is 13.5. The SMILES string of the molecule is Cc1cccc(CC(OCC(=CF)CN)C2COC2)c1S(=O)(=O)O.Nc1nc2ccccc2o1. The lowest BCUT2D eigenvalue weighted by Gasteiger charge is -2.34. The Hall–Kier alpha value is -2.83. The van der Waals surface area contributed by atoms with Crippen LogP contribution in [0.25, 0.3) is 11.1 Å². The minimum atomic E-state index is -4.34. The highest BCUT2D eigenvalue weighted by Crippen LogP contribution is 2.27. The van der Waals surface area contributed by atoms with Crippen LogP contribution in [-0.4, -0.2) is 50.4 Å². The minimum Gasteiger partial charge on any atom is -0.424 e. The maximum atomic E-state index is 12.6. The molecule has 1 fully saturated rings. The summed E-state index contributed by atoms with van der Waals surface area (Å²) in [6.45, 7) is 2.68. The van der Waals surface area contributed by atoms with Crippen LogP contribution in [0.4, 0.5) is 10.4 Å². The summed E-state index contributed by atoms with van der Waals surface area (Å²) in [5.74, 6) is 0.0818. The van der Waals surface area contributed by atoms with E-state index in [-0.39, 0.29) is 42.5 Å². The molecule has 1 aliphatic rings. The number of benzene rings is 2. The van der Waals surface area contributed by atoms with Gasteiger partial charge in [-0.3, -0.25) is 4.55 Å². The molecule has 1 saturated heterocycles. The number of halogens is 1. The Labute approximate surface area is 197 Å². The smallest absolute Gasteiger partial charge is 0.295 e. The molecule has 0 amide bonds. The molecule has 0 bridgehead atoms. The number of aryl methyl sites for hydroxylation is 1. The molecular formula is C23H28FN3O6S. The molecule has 11 heteroatoms. The standard InChI is InChI=1S/C16H22FNO5S.C7H6N2O/c1-11-3-2-4-13(16(11)24(19,20)21)5-15(14-9-22-10-14)23-8-12(6-17)7-18;8-7-9-5-3-1-2-4-6(5)10-7/h2-4,6,14-15H,5,7-10,18H2,1H3,(H,19,20,21);1-4H,(H2,8,9). The molecule has 2 heterocycles. The van der Waals surface area contributed by atoms with Gasteiger partial charge < -0.3 is 25.4 Å². The zero-order valence-corrected chi connectivity index (χ0v) is 19.5. The fourth-order valence-electron chi connectivity index (χ4n) is 3.53. The van der Waals surface area contributed by atoms with E-state index in [1.54, 1.807) is 25.1 Å². The predicted octanol–water partition coefficient (Wildman–Crippen LogP) is 3.04. The highest BCUT2D eigenvalue weighted by Gasteiger charge is 2.31. The Morgan fingerprint density at radius 2 is 2.03 bits per heavy atom. The molecule has 5 N–H and O–H groups in total. The normalized spacial score (nSPS) is 15.5. The van der Waals surface area contributed by atoms with Gasteiger partial charge in [0.05, 0.1) is 32.3 Å². The van der Waals surface area contributed by atoms with Crippen LogP contribution in [0.3, 0.4) is 0 Å².